The third-order valence-corrected chi connectivity index (χ3v) is 4.29. The zero-order valence-electron chi connectivity index (χ0n) is 13.4. The summed E-state index contributed by atoms with van der Waals surface area (Å²) in [5, 5.41) is 7.84. The van der Waals surface area contributed by atoms with E-state index >= 15 is 0 Å². The summed E-state index contributed by atoms with van der Waals surface area (Å²) in [7, 11) is 1.89. The van der Waals surface area contributed by atoms with E-state index < -0.39 is 5.91 Å². The van der Waals surface area contributed by atoms with Gasteiger partial charge in [-0.1, -0.05) is 12.1 Å². The van der Waals surface area contributed by atoms with E-state index in [4.69, 9.17) is 5.73 Å². The number of nitrogens with two attached hydrogens (primary N) is 1. The molecular weight excluding hydrogens is 368 g/mol. The molecule has 0 unspecified atom stereocenters. The Hall–Kier alpha value is -2.60. The van der Waals surface area contributed by atoms with Crippen LogP contribution in [0, 0.1) is 6.92 Å². The third kappa shape index (κ3) is 3.33. The van der Waals surface area contributed by atoms with Gasteiger partial charge in [0, 0.05) is 35.7 Å². The number of rotatable bonds is 4. The number of nitrogens with zero attached hydrogens (tertiary/aromatic N) is 2. The average Bonchev–Trinajstić information content (AvgIpc) is 2.88. The summed E-state index contributed by atoms with van der Waals surface area (Å²) in [6.45, 7) is 1.94. The molecule has 3 rings (SSSR count). The second kappa shape index (κ2) is 6.49. The Morgan fingerprint density at radius 1 is 1.25 bits per heavy atom. The minimum absolute atomic E-state index is 0.424. The maximum absolute atomic E-state index is 11.2. The van der Waals surface area contributed by atoms with Crippen LogP contribution in [0.4, 0.5) is 11.4 Å². The number of nitrogens with one attached hydrogen (secondary N) is 1. The van der Waals surface area contributed by atoms with Gasteiger partial charge >= 0.3 is 0 Å². The monoisotopic (exact) mass is 384 g/mol. The zero-order valence-corrected chi connectivity index (χ0v) is 15.0. The molecule has 122 valence electrons. The Bertz CT molecular complexity index is 917. The number of hydrogen-bond acceptors (Lipinski definition) is 3. The molecule has 1 heterocycles. The molecule has 0 saturated carbocycles. The van der Waals surface area contributed by atoms with Crippen LogP contribution < -0.4 is 11.1 Å². The number of aromatic nitrogens is 2. The van der Waals surface area contributed by atoms with E-state index in [1.165, 1.54) is 0 Å². The van der Waals surface area contributed by atoms with Gasteiger partial charge in [-0.15, -0.1) is 0 Å². The second-order valence-electron chi connectivity index (χ2n) is 5.60. The molecule has 0 fully saturated rings. The fraction of sp³-hybridized carbons (Fsp3) is 0.111. The summed E-state index contributed by atoms with van der Waals surface area (Å²) in [5.74, 6) is -0.424. The van der Waals surface area contributed by atoms with E-state index in [1.54, 1.807) is 16.8 Å². The summed E-state index contributed by atoms with van der Waals surface area (Å²) in [6.07, 6.45) is 1.92. The van der Waals surface area contributed by atoms with Crippen molar-refractivity contribution in [1.29, 1.82) is 0 Å². The molecule has 0 saturated heterocycles. The third-order valence-electron chi connectivity index (χ3n) is 3.71. The number of anilines is 2. The molecule has 0 aliphatic carbocycles. The minimum Gasteiger partial charge on any atom is -0.366 e. The lowest BCUT2D eigenvalue weighted by Crippen LogP contribution is -2.11. The van der Waals surface area contributed by atoms with Gasteiger partial charge in [0.15, 0.2) is 0 Å². The van der Waals surface area contributed by atoms with Crippen molar-refractivity contribution in [2.75, 3.05) is 5.32 Å². The Morgan fingerprint density at radius 2 is 2.04 bits per heavy atom. The van der Waals surface area contributed by atoms with E-state index in [-0.39, 0.29) is 0 Å². The predicted molar refractivity (Wildman–Crippen MR) is 99.3 cm³/mol. The maximum atomic E-state index is 11.2. The molecule has 3 aromatic rings. The van der Waals surface area contributed by atoms with Gasteiger partial charge in [-0.05, 0) is 58.7 Å². The number of carbonyl (C=O) groups is 1. The molecule has 0 aliphatic heterocycles. The topological polar surface area (TPSA) is 72.9 Å². The van der Waals surface area contributed by atoms with Crippen LogP contribution in [0.1, 0.15) is 15.9 Å². The van der Waals surface area contributed by atoms with Crippen molar-refractivity contribution in [3.05, 3.63) is 64.3 Å². The smallest absolute Gasteiger partial charge is 0.248 e. The predicted octanol–water partition coefficient (Wildman–Crippen LogP) is 4.00. The Morgan fingerprint density at radius 3 is 2.67 bits per heavy atom. The van der Waals surface area contributed by atoms with E-state index in [0.29, 0.717) is 5.56 Å². The van der Waals surface area contributed by atoms with Crippen molar-refractivity contribution in [2.24, 2.45) is 12.8 Å². The average molecular weight is 385 g/mol. The van der Waals surface area contributed by atoms with Gasteiger partial charge in [0.25, 0.3) is 0 Å². The number of carbonyl (C=O) groups excluding carboxylic acids is 1. The molecule has 1 amide bonds. The van der Waals surface area contributed by atoms with E-state index in [2.05, 4.69) is 26.3 Å². The molecule has 0 atom stereocenters. The van der Waals surface area contributed by atoms with Gasteiger partial charge in [-0.3, -0.25) is 9.48 Å². The standard InChI is InChI=1S/C18H17BrN4O/c1-11-8-13(18(20)24)6-7-16(11)21-14-5-3-4-12(9-14)17-15(19)10-23(2)22-17/h3-10,21H,1-2H3,(H2,20,24). The first-order chi connectivity index (χ1) is 11.4. The first kappa shape index (κ1) is 16.3. The van der Waals surface area contributed by atoms with E-state index in [9.17, 15) is 4.79 Å². The van der Waals surface area contributed by atoms with Crippen LogP contribution in [0.2, 0.25) is 0 Å². The van der Waals surface area contributed by atoms with Gasteiger partial charge in [-0.2, -0.15) is 5.10 Å². The van der Waals surface area contributed by atoms with Gasteiger partial charge in [0.2, 0.25) is 5.91 Å². The van der Waals surface area contributed by atoms with Gasteiger partial charge in [0.1, 0.15) is 5.69 Å². The number of aryl methyl sites for hydroxylation is 2. The SMILES string of the molecule is Cc1cc(C(N)=O)ccc1Nc1cccc(-c2nn(C)cc2Br)c1. The van der Waals surface area contributed by atoms with Crippen molar-refractivity contribution >= 4 is 33.2 Å². The fourth-order valence-electron chi connectivity index (χ4n) is 2.51. The van der Waals surface area contributed by atoms with Crippen molar-refractivity contribution in [3.63, 3.8) is 0 Å². The molecule has 1 aromatic heterocycles. The maximum Gasteiger partial charge on any atom is 0.248 e. The second-order valence-corrected chi connectivity index (χ2v) is 6.45. The summed E-state index contributed by atoms with van der Waals surface area (Å²) >= 11 is 3.53. The van der Waals surface area contributed by atoms with E-state index in [0.717, 1.165) is 32.7 Å². The lowest BCUT2D eigenvalue weighted by atomic mass is 10.1. The van der Waals surface area contributed by atoms with E-state index in [1.807, 2.05) is 50.5 Å². The van der Waals surface area contributed by atoms with Gasteiger partial charge < -0.3 is 11.1 Å². The molecule has 0 radical (unpaired) electrons. The first-order valence-electron chi connectivity index (χ1n) is 7.41. The number of amides is 1. The van der Waals surface area contributed by atoms with Crippen molar-refractivity contribution in [2.45, 2.75) is 6.92 Å². The summed E-state index contributed by atoms with van der Waals surface area (Å²) in [4.78, 5) is 11.2. The normalized spacial score (nSPS) is 10.6. The molecular formula is C18H17BrN4O. The number of halogens is 1. The lowest BCUT2D eigenvalue weighted by Gasteiger charge is -2.11. The highest BCUT2D eigenvalue weighted by molar-refractivity contribution is 9.10. The molecule has 2 aromatic carbocycles. The highest BCUT2D eigenvalue weighted by atomic mass is 79.9. The molecule has 0 bridgehead atoms. The van der Waals surface area contributed by atoms with Crippen LogP contribution in [-0.4, -0.2) is 15.7 Å². The fourth-order valence-corrected chi connectivity index (χ4v) is 3.12. The van der Waals surface area contributed by atoms with Crippen LogP contribution in [0.5, 0.6) is 0 Å². The highest BCUT2D eigenvalue weighted by Crippen LogP contribution is 2.29. The molecule has 6 heteroatoms. The van der Waals surface area contributed by atoms with Crippen molar-refractivity contribution < 1.29 is 4.79 Å². The summed E-state index contributed by atoms with van der Waals surface area (Å²) in [5.41, 5.74) is 10.5. The minimum atomic E-state index is -0.424. The summed E-state index contributed by atoms with van der Waals surface area (Å²) < 4.78 is 2.72. The molecule has 5 nitrogen and oxygen atoms in total. The highest BCUT2D eigenvalue weighted by Gasteiger charge is 2.09. The van der Waals surface area contributed by atoms with Crippen LogP contribution >= 0.6 is 15.9 Å². The van der Waals surface area contributed by atoms with Crippen LogP contribution in [0.3, 0.4) is 0 Å². The molecule has 24 heavy (non-hydrogen) atoms. The largest absolute Gasteiger partial charge is 0.366 e. The van der Waals surface area contributed by atoms with Gasteiger partial charge in [0.05, 0.1) is 4.47 Å². The number of hydrogen-bond donors (Lipinski definition) is 2. The molecule has 0 spiro atoms. The number of benzene rings is 2. The summed E-state index contributed by atoms with van der Waals surface area (Å²) in [6, 6.07) is 13.4. The van der Waals surface area contributed by atoms with Crippen LogP contribution in [-0.2, 0) is 7.05 Å². The first-order valence-corrected chi connectivity index (χ1v) is 8.20. The van der Waals surface area contributed by atoms with Crippen molar-refractivity contribution in [3.8, 4) is 11.3 Å². The quantitative estimate of drug-likeness (QED) is 0.713. The zero-order chi connectivity index (χ0) is 17.3. The van der Waals surface area contributed by atoms with Crippen LogP contribution in [0.15, 0.2) is 53.1 Å². The Kier molecular flexibility index (Phi) is 4.40. The van der Waals surface area contributed by atoms with Crippen molar-refractivity contribution in [1.82, 2.24) is 9.78 Å². The molecule has 3 N–H and O–H groups in total. The molecule has 0 aliphatic rings. The Labute approximate surface area is 148 Å². The van der Waals surface area contributed by atoms with Crippen LogP contribution in [0.25, 0.3) is 11.3 Å². The Balaban J connectivity index is 1.90. The lowest BCUT2D eigenvalue weighted by molar-refractivity contribution is 0.1000. The van der Waals surface area contributed by atoms with Gasteiger partial charge in [-0.25, -0.2) is 0 Å². The number of primary amides is 1.